The van der Waals surface area contributed by atoms with Gasteiger partial charge in [0.15, 0.2) is 0 Å². The molecule has 30 nitrogen and oxygen atoms in total. The average Bonchev–Trinajstić information content (AvgIpc) is 1.64. The van der Waals surface area contributed by atoms with E-state index in [1.165, 1.54) is 81.9 Å². The number of benzene rings is 10. The van der Waals surface area contributed by atoms with Gasteiger partial charge in [0, 0.05) is 294 Å². The Hall–Kier alpha value is -8.51. The maximum absolute atomic E-state index is 14.1. The van der Waals surface area contributed by atoms with Crippen molar-refractivity contribution in [2.45, 2.75) is 93.3 Å². The molecule has 0 atom stereocenters. The first-order valence-electron chi connectivity index (χ1n) is 36.8. The van der Waals surface area contributed by atoms with Gasteiger partial charge in [-0.05, 0) is 131 Å². The third kappa shape index (κ3) is 25.1. The number of para-hydroxylation sites is 1. The number of aromatic nitrogens is 20. The Morgan fingerprint density at radius 2 is 0.611 bits per heavy atom. The number of nitrogens with zero attached hydrogens (tertiary/aromatic N) is 20. The van der Waals surface area contributed by atoms with Crippen molar-refractivity contribution in [2.24, 2.45) is 35.2 Å². The van der Waals surface area contributed by atoms with Gasteiger partial charge in [0.2, 0.25) is 0 Å². The van der Waals surface area contributed by atoms with Gasteiger partial charge >= 0.3 is 28.4 Å². The summed E-state index contributed by atoms with van der Waals surface area (Å²) in [7, 11) is 7.60. The van der Waals surface area contributed by atoms with Crippen LogP contribution in [0.15, 0.2) is 186 Å². The molecule has 0 amide bonds. The van der Waals surface area contributed by atoms with Crippen LogP contribution in [-0.2, 0) is 232 Å². The van der Waals surface area contributed by atoms with E-state index in [0.29, 0.717) is 83.9 Å². The molecule has 0 unspecified atom stereocenters. The van der Waals surface area contributed by atoms with Crippen LogP contribution >= 0.6 is 27.5 Å². The fourth-order valence-electron chi connectivity index (χ4n) is 12.2. The van der Waals surface area contributed by atoms with E-state index < -0.39 is 34.8 Å². The second kappa shape index (κ2) is 48.2. The monoisotopic (exact) mass is 2180 g/mol. The summed E-state index contributed by atoms with van der Waals surface area (Å²) < 4.78 is 110. The number of hydrogen-bond acceptors (Lipinski definition) is 20. The van der Waals surface area contributed by atoms with Crippen LogP contribution in [0.1, 0.15) is 85.5 Å². The molecule has 1 saturated carbocycles. The molecule has 1 fully saturated rings. The Labute approximate surface area is 856 Å². The van der Waals surface area contributed by atoms with Crippen molar-refractivity contribution >= 4 is 27.5 Å². The smallest absolute Gasteiger partial charge is 0.368 e. The van der Waals surface area contributed by atoms with Crippen LogP contribution in [0.5, 0.6) is 28.7 Å². The summed E-state index contributed by atoms with van der Waals surface area (Å²) in [5.74, 6) is -1.14. The van der Waals surface area contributed by atoms with Gasteiger partial charge in [0.25, 0.3) is 0 Å². The fourth-order valence-corrected chi connectivity index (χ4v) is 12.9. The Bertz CT molecular complexity index is 6150. The minimum atomic E-state index is -0.514. The first-order chi connectivity index (χ1) is 58.1. The van der Waals surface area contributed by atoms with Crippen molar-refractivity contribution in [1.82, 2.24) is 99.0 Å². The largest absolute Gasteiger partial charge is 0.511 e. The summed E-state index contributed by atoms with van der Waals surface area (Å²) in [6.45, 7) is 11.0. The van der Waals surface area contributed by atoms with Gasteiger partial charge in [0.05, 0.1) is 28.4 Å². The van der Waals surface area contributed by atoms with Crippen molar-refractivity contribution in [3.63, 3.8) is 0 Å². The summed E-state index contributed by atoms with van der Waals surface area (Å²) in [6.07, 6.45) is 2.19. The molecular formula is C84H74BrClF5N20O10Y5-5. The van der Waals surface area contributed by atoms with Gasteiger partial charge < -0.3 is 23.7 Å². The second-order valence-corrected chi connectivity index (χ2v) is 28.6. The first-order valence-corrected chi connectivity index (χ1v) is 38.0. The maximum atomic E-state index is 14.1. The van der Waals surface area contributed by atoms with E-state index in [-0.39, 0.29) is 248 Å². The normalized spacial score (nSPS) is 11.0. The van der Waals surface area contributed by atoms with Gasteiger partial charge in [0.1, 0.15) is 33.0 Å². The van der Waals surface area contributed by atoms with Crippen molar-refractivity contribution < 1.29 is 209 Å². The van der Waals surface area contributed by atoms with Gasteiger partial charge in [-0.2, -0.15) is 107 Å². The third-order valence-electron chi connectivity index (χ3n) is 18.8. The molecule has 0 N–H and O–H groups in total. The molecule has 15 aromatic rings. The van der Waals surface area contributed by atoms with Crippen LogP contribution in [0.2, 0.25) is 5.02 Å². The molecule has 126 heavy (non-hydrogen) atoms. The molecule has 5 heterocycles. The van der Waals surface area contributed by atoms with E-state index in [4.69, 9.17) is 35.3 Å². The molecule has 1 aliphatic carbocycles. The van der Waals surface area contributed by atoms with Crippen molar-refractivity contribution in [3.8, 4) is 57.2 Å². The summed E-state index contributed by atoms with van der Waals surface area (Å²) in [4.78, 5) is 60.6. The van der Waals surface area contributed by atoms with Crippen molar-refractivity contribution in [2.75, 3.05) is 0 Å². The molecule has 0 spiro atoms. The van der Waals surface area contributed by atoms with E-state index in [9.17, 15) is 45.9 Å². The van der Waals surface area contributed by atoms with Crippen LogP contribution < -0.4 is 52.1 Å². The van der Waals surface area contributed by atoms with Gasteiger partial charge in [-0.15, -0.1) is 58.1 Å². The molecule has 10 aromatic carbocycles. The number of aryl methyl sites for hydroxylation is 11. The zero-order valence-electron chi connectivity index (χ0n) is 69.6. The third-order valence-corrected chi connectivity index (χ3v) is 19.9. The Kier molecular flexibility index (Phi) is 40.0. The SMILES string of the molecule is Cc1c[c-]cc(F)c1OCc1c(Br)cccc1-n1nnn(C)c1=O.Cc1c[c-]cc(F)c1OCc1c(C2CC2)cccc1-n1nnn(C)c1=O.Cc1c[c-]cc(F)c1OCc1c(Cl)cccc1-n1nnn(C)c1=O.Cc1c[c-]cc(F)c1OCc1ccccc1-n1nnn(C)c1=O.Cc1cccc(-n2nnn(C)c2=O)c1COc1c(C)c[c-]cc1F.[Y].[Y].[Y].[Y].[Y]. The average molecular weight is 2180 g/mol. The number of halogens is 7. The van der Waals surface area contributed by atoms with Gasteiger partial charge in [-0.1, -0.05) is 117 Å². The van der Waals surface area contributed by atoms with Crippen molar-refractivity contribution in [1.29, 1.82) is 0 Å². The maximum Gasteiger partial charge on any atom is 0.368 e. The molecule has 5 radical (unpaired) electrons. The summed E-state index contributed by atoms with van der Waals surface area (Å²) in [5.41, 5.74) is 9.50. The zero-order valence-corrected chi connectivity index (χ0v) is 86.1. The van der Waals surface area contributed by atoms with Crippen LogP contribution in [0.4, 0.5) is 22.0 Å². The Morgan fingerprint density at radius 3 is 0.960 bits per heavy atom. The van der Waals surface area contributed by atoms with Crippen molar-refractivity contribution in [3.05, 3.63) is 346 Å². The van der Waals surface area contributed by atoms with Gasteiger partial charge in [-0.3, -0.25) is 22.0 Å². The zero-order chi connectivity index (χ0) is 86.5. The number of hydrogen-bond donors (Lipinski definition) is 0. The molecule has 639 valence electrons. The van der Waals surface area contributed by atoms with Crippen LogP contribution in [0, 0.1) is 101 Å². The van der Waals surface area contributed by atoms with E-state index in [1.54, 1.807) is 127 Å². The second-order valence-electron chi connectivity index (χ2n) is 27.3. The Morgan fingerprint density at radius 1 is 0.333 bits per heavy atom. The van der Waals surface area contributed by atoms with E-state index in [1.807, 2.05) is 49.4 Å². The molecule has 5 aromatic heterocycles. The number of tetrazole rings is 5. The van der Waals surface area contributed by atoms with E-state index in [0.717, 1.165) is 63.0 Å². The van der Waals surface area contributed by atoms with E-state index in [2.05, 4.69) is 98.4 Å². The topological polar surface area (TPSA) is 310 Å². The number of rotatable bonds is 21. The summed E-state index contributed by atoms with van der Waals surface area (Å²) in [5, 5.41) is 38.2. The minimum absolute atomic E-state index is 0. The predicted molar refractivity (Wildman–Crippen MR) is 434 cm³/mol. The van der Waals surface area contributed by atoms with Crippen LogP contribution in [0.25, 0.3) is 28.4 Å². The minimum Gasteiger partial charge on any atom is -0.511 e. The summed E-state index contributed by atoms with van der Waals surface area (Å²) >= 11 is 9.67. The van der Waals surface area contributed by atoms with E-state index >= 15 is 0 Å². The quantitative estimate of drug-likeness (QED) is 0.0476. The first kappa shape index (κ1) is 105. The standard InChI is InChI=1S/C19H18FN4O2.C17H16FN4O2.C16H13BrFN4O2.C16H13ClFN4O2.C16H14FN4O2.5Y/c1-12-5-3-7-16(20)18(12)26-11-15-14(13-9-10-13)6-4-8-17(15)24-19(25)23(2)21-22-24;1-11-6-5-9-15(22-17(23)21(3)19-20-22)13(11)10-24-16-12(2)7-4-8-14(16)18;2*1-10-5-3-7-13(18)15(10)24-9-11-12(17)6-4-8-14(11)22-16(23)21(2)19-20-22;1-11-6-5-8-13(17)15(11)23-10-12-7-3-4-9-14(12)21-16(22)20(2)18-19-21;;;;;/h4-8,13H,9-11H2,1-2H3;5-9H,10H2,1-3H3;2*4-8H,9H2,1-2H3;3-4,6-9H,10H2,1-2H3;;;;;/q5*-1;;;;;. The molecule has 42 heteroatoms. The molecule has 1 aliphatic rings. The fraction of sp³-hybridized carbons (Fsp3) is 0.226. The predicted octanol–water partition coefficient (Wildman–Crippen LogP) is 11.6. The van der Waals surface area contributed by atoms with Crippen LogP contribution in [0.3, 0.4) is 0 Å². The molecule has 0 aliphatic heterocycles. The molecule has 16 rings (SSSR count). The summed E-state index contributed by atoms with van der Waals surface area (Å²) in [6, 6.07) is 56.5. The Balaban J connectivity index is 0.000000214. The number of ether oxygens (including phenoxy) is 5. The molecule has 0 saturated heterocycles. The van der Waals surface area contributed by atoms with Crippen LogP contribution in [-0.4, -0.2) is 99.0 Å². The van der Waals surface area contributed by atoms with Gasteiger partial charge in [-0.25, -0.2) is 24.0 Å². The molecule has 0 bridgehead atoms. The molecular weight excluding hydrogens is 2100 g/mol.